The first-order chi connectivity index (χ1) is 14.9. The summed E-state index contributed by atoms with van der Waals surface area (Å²) in [7, 11) is 0. The maximum Gasteiger partial charge on any atom is 0.407 e. The molecule has 0 saturated carbocycles. The fourth-order valence-corrected chi connectivity index (χ4v) is 4.40. The number of hydroxylamine groups is 2. The molecule has 4 amide bonds. The molecule has 2 bridgehead atoms. The Kier molecular flexibility index (Phi) is 6.12. The number of benzene rings is 1. The predicted octanol–water partition coefficient (Wildman–Crippen LogP) is 1.81. The molecule has 0 aliphatic carbocycles. The van der Waals surface area contributed by atoms with Crippen LogP contribution >= 0.6 is 12.2 Å². The third-order valence-electron chi connectivity index (χ3n) is 5.85. The van der Waals surface area contributed by atoms with Gasteiger partial charge in [-0.3, -0.25) is 4.79 Å². The lowest BCUT2D eigenvalue weighted by molar-refractivity contribution is -0.127. The van der Waals surface area contributed by atoms with Crippen LogP contribution in [0.15, 0.2) is 30.3 Å². The van der Waals surface area contributed by atoms with E-state index in [0.717, 1.165) is 0 Å². The first kappa shape index (κ1) is 21.2. The van der Waals surface area contributed by atoms with Crippen molar-refractivity contribution in [3.05, 3.63) is 30.3 Å². The number of rotatable bonds is 4. The van der Waals surface area contributed by atoms with E-state index in [9.17, 15) is 14.4 Å². The molecule has 3 saturated heterocycles. The number of nitrogens with one attached hydrogen (secondary N) is 1. The van der Waals surface area contributed by atoms with E-state index in [1.54, 1.807) is 24.3 Å². The van der Waals surface area contributed by atoms with Crippen LogP contribution in [0.4, 0.5) is 9.59 Å². The van der Waals surface area contributed by atoms with Crippen molar-refractivity contribution in [1.29, 1.82) is 0 Å². The van der Waals surface area contributed by atoms with Gasteiger partial charge in [-0.15, -0.1) is 5.06 Å². The Morgan fingerprint density at radius 3 is 2.48 bits per heavy atom. The van der Waals surface area contributed by atoms with Crippen LogP contribution < -0.4 is 10.1 Å². The summed E-state index contributed by atoms with van der Waals surface area (Å²) in [5, 5.41) is 13.0. The zero-order valence-electron chi connectivity index (χ0n) is 16.8. The van der Waals surface area contributed by atoms with Gasteiger partial charge in [0.1, 0.15) is 11.8 Å². The number of hydrogen-bond donors (Lipinski definition) is 2. The van der Waals surface area contributed by atoms with E-state index in [2.05, 4.69) is 5.32 Å². The number of amides is 4. The predicted molar refractivity (Wildman–Crippen MR) is 112 cm³/mol. The molecule has 31 heavy (non-hydrogen) atoms. The second kappa shape index (κ2) is 8.96. The van der Waals surface area contributed by atoms with Crippen molar-refractivity contribution in [2.24, 2.45) is 0 Å². The van der Waals surface area contributed by atoms with Crippen LogP contribution in [0.5, 0.6) is 5.75 Å². The Bertz CT molecular complexity index is 860. The molecule has 3 aliphatic heterocycles. The molecule has 1 aromatic rings. The van der Waals surface area contributed by atoms with Gasteiger partial charge in [0.2, 0.25) is 5.91 Å². The number of thiocarbonyl (C=S) groups is 1. The zero-order chi connectivity index (χ0) is 22.0. The van der Waals surface area contributed by atoms with Gasteiger partial charge in [0.05, 0.1) is 6.04 Å². The quantitative estimate of drug-likeness (QED) is 0.676. The average Bonchev–Trinajstić information content (AvgIpc) is 2.99. The lowest BCUT2D eigenvalue weighted by Crippen LogP contribution is -2.54. The number of piperidine rings is 2. The number of fused-ring (bicyclic) bond motifs is 2. The van der Waals surface area contributed by atoms with E-state index in [0.29, 0.717) is 51.1 Å². The van der Waals surface area contributed by atoms with E-state index in [4.69, 9.17) is 26.9 Å². The molecule has 0 radical (unpaired) electrons. The number of likely N-dealkylation sites (tertiary alicyclic amines) is 1. The first-order valence-electron chi connectivity index (χ1n) is 10.3. The summed E-state index contributed by atoms with van der Waals surface area (Å²) in [5.74, 6) is 0.291. The number of carbonyl (C=O) groups is 3. The molecule has 2 atom stereocenters. The third-order valence-corrected chi connectivity index (χ3v) is 6.01. The van der Waals surface area contributed by atoms with Crippen LogP contribution in [0.25, 0.3) is 0 Å². The van der Waals surface area contributed by atoms with Crippen molar-refractivity contribution >= 4 is 35.5 Å². The number of ether oxygens (including phenoxy) is 1. The summed E-state index contributed by atoms with van der Waals surface area (Å²) in [5.41, 5.74) is 0. The lowest BCUT2D eigenvalue weighted by Gasteiger charge is -2.34. The van der Waals surface area contributed by atoms with Gasteiger partial charge in [-0.2, -0.15) is 0 Å². The van der Waals surface area contributed by atoms with Gasteiger partial charge in [-0.25, -0.2) is 9.59 Å². The van der Waals surface area contributed by atoms with Crippen LogP contribution in [0.1, 0.15) is 25.7 Å². The second-order valence-electron chi connectivity index (χ2n) is 7.82. The lowest BCUT2D eigenvalue weighted by atomic mass is 9.99. The van der Waals surface area contributed by atoms with Gasteiger partial charge in [-0.05, 0) is 37.8 Å². The highest BCUT2D eigenvalue weighted by molar-refractivity contribution is 7.79. The SMILES string of the molecule is O=C(NC1CCN(C(=O)O)CC1)[C@@H]1CC[C@@H]2CN1C(=O)N2OC(=S)Oc1ccccc1. The number of para-hydroxylation sites is 1. The normalized spacial score (nSPS) is 23.5. The van der Waals surface area contributed by atoms with Gasteiger partial charge in [0.25, 0.3) is 0 Å². The third kappa shape index (κ3) is 4.66. The Hall–Kier alpha value is -3.08. The minimum atomic E-state index is -0.944. The summed E-state index contributed by atoms with van der Waals surface area (Å²) < 4.78 is 5.45. The largest absolute Gasteiger partial charge is 0.465 e. The highest BCUT2D eigenvalue weighted by Crippen LogP contribution is 2.30. The minimum Gasteiger partial charge on any atom is -0.465 e. The van der Waals surface area contributed by atoms with E-state index >= 15 is 0 Å². The molecule has 1 aromatic carbocycles. The molecule has 11 heteroatoms. The summed E-state index contributed by atoms with van der Waals surface area (Å²) in [6.45, 7) is 1.15. The Balaban J connectivity index is 1.31. The smallest absolute Gasteiger partial charge is 0.407 e. The van der Waals surface area contributed by atoms with Crippen molar-refractivity contribution in [3.63, 3.8) is 0 Å². The number of hydrogen-bond acceptors (Lipinski definition) is 6. The van der Waals surface area contributed by atoms with Crippen molar-refractivity contribution < 1.29 is 29.1 Å². The highest BCUT2D eigenvalue weighted by atomic mass is 32.1. The minimum absolute atomic E-state index is 0.0993. The first-order valence-corrected chi connectivity index (χ1v) is 10.7. The topological polar surface area (TPSA) is 112 Å². The molecule has 0 unspecified atom stereocenters. The van der Waals surface area contributed by atoms with Gasteiger partial charge >= 0.3 is 17.4 Å². The van der Waals surface area contributed by atoms with Crippen LogP contribution in [-0.4, -0.2) is 81.0 Å². The Morgan fingerprint density at radius 1 is 1.10 bits per heavy atom. The molecule has 2 N–H and O–H groups in total. The highest BCUT2D eigenvalue weighted by Gasteiger charge is 2.49. The van der Waals surface area contributed by atoms with Crippen LogP contribution in [0.3, 0.4) is 0 Å². The molecular weight excluding hydrogens is 424 g/mol. The van der Waals surface area contributed by atoms with E-state index < -0.39 is 18.2 Å². The van der Waals surface area contributed by atoms with E-state index in [-0.39, 0.29) is 23.2 Å². The van der Waals surface area contributed by atoms with Crippen molar-refractivity contribution in [2.75, 3.05) is 19.6 Å². The van der Waals surface area contributed by atoms with Gasteiger partial charge in [-0.1, -0.05) is 18.2 Å². The Labute approximate surface area is 184 Å². The van der Waals surface area contributed by atoms with Crippen LogP contribution in [0, 0.1) is 0 Å². The molecular formula is C20H24N4O6S. The number of carbonyl (C=O) groups excluding carboxylic acids is 2. The fourth-order valence-electron chi connectivity index (χ4n) is 4.22. The van der Waals surface area contributed by atoms with Crippen molar-refractivity contribution in [1.82, 2.24) is 20.2 Å². The molecule has 0 spiro atoms. The van der Waals surface area contributed by atoms with Gasteiger partial charge in [0, 0.05) is 37.9 Å². The van der Waals surface area contributed by atoms with Crippen molar-refractivity contribution in [3.8, 4) is 5.75 Å². The number of nitrogens with zero attached hydrogens (tertiary/aromatic N) is 3. The summed E-state index contributed by atoms with van der Waals surface area (Å²) in [4.78, 5) is 45.1. The summed E-state index contributed by atoms with van der Waals surface area (Å²) in [6, 6.07) is 7.59. The van der Waals surface area contributed by atoms with Gasteiger partial charge < -0.3 is 29.8 Å². The molecule has 4 rings (SSSR count). The van der Waals surface area contributed by atoms with Crippen LogP contribution in [0.2, 0.25) is 0 Å². The molecule has 3 heterocycles. The molecule has 3 fully saturated rings. The zero-order valence-corrected chi connectivity index (χ0v) is 17.6. The monoisotopic (exact) mass is 448 g/mol. The molecule has 3 aliphatic rings. The summed E-state index contributed by atoms with van der Waals surface area (Å²) >= 11 is 5.12. The van der Waals surface area contributed by atoms with Crippen molar-refractivity contribution in [2.45, 2.75) is 43.8 Å². The number of urea groups is 1. The maximum atomic E-state index is 12.9. The second-order valence-corrected chi connectivity index (χ2v) is 8.15. The fraction of sp³-hybridized carbons (Fsp3) is 0.500. The molecule has 10 nitrogen and oxygen atoms in total. The molecule has 0 aromatic heterocycles. The standard InChI is InChI=1S/C20H24N4O6S/c25-17(21-13-8-10-22(11-9-13)19(27)28)16-7-6-14-12-23(16)18(26)24(14)30-20(31)29-15-4-2-1-3-5-15/h1-5,13-14,16H,6-12H2,(H,21,25)(H,27,28)/t14-,16+/m1/s1. The number of carboxylic acid groups (broad SMARTS) is 1. The van der Waals surface area contributed by atoms with E-state index in [1.807, 2.05) is 6.07 Å². The molecule has 166 valence electrons. The maximum absolute atomic E-state index is 12.9. The van der Waals surface area contributed by atoms with Crippen LogP contribution in [-0.2, 0) is 9.63 Å². The Morgan fingerprint density at radius 2 is 1.81 bits per heavy atom. The van der Waals surface area contributed by atoms with E-state index in [1.165, 1.54) is 14.9 Å². The van der Waals surface area contributed by atoms with Gasteiger partial charge in [0.15, 0.2) is 0 Å². The average molecular weight is 449 g/mol. The summed E-state index contributed by atoms with van der Waals surface area (Å²) in [6.07, 6.45) is 1.29.